The average molecular weight is 205 g/mol. The standard InChI is InChI=1S/C12H19N3/c1-8(2)12-14-10-7-5-3-4-6-9(10)11(13)15-12/h8H,3-7H2,1-2H3,(H2,13,14,15). The Morgan fingerprint density at radius 3 is 2.53 bits per heavy atom. The van der Waals surface area contributed by atoms with Crippen molar-refractivity contribution in [1.82, 2.24) is 9.97 Å². The molecule has 2 N–H and O–H groups in total. The van der Waals surface area contributed by atoms with Crippen LogP contribution in [0.15, 0.2) is 0 Å². The summed E-state index contributed by atoms with van der Waals surface area (Å²) in [6.07, 6.45) is 5.87. The Labute approximate surface area is 91.1 Å². The molecule has 0 bridgehead atoms. The summed E-state index contributed by atoms with van der Waals surface area (Å²) in [6, 6.07) is 0. The fourth-order valence-corrected chi connectivity index (χ4v) is 2.08. The van der Waals surface area contributed by atoms with Crippen molar-refractivity contribution in [2.75, 3.05) is 5.73 Å². The number of aryl methyl sites for hydroxylation is 1. The van der Waals surface area contributed by atoms with Gasteiger partial charge in [0.1, 0.15) is 11.6 Å². The zero-order valence-electron chi connectivity index (χ0n) is 9.58. The maximum Gasteiger partial charge on any atom is 0.133 e. The van der Waals surface area contributed by atoms with Gasteiger partial charge in [-0.25, -0.2) is 9.97 Å². The number of nitrogen functional groups attached to an aromatic ring is 1. The number of nitrogens with two attached hydrogens (primary N) is 1. The van der Waals surface area contributed by atoms with Crippen LogP contribution in [0, 0.1) is 0 Å². The molecule has 1 aromatic rings. The molecular weight excluding hydrogens is 186 g/mol. The minimum atomic E-state index is 0.362. The molecule has 0 fully saturated rings. The molecule has 1 aliphatic carbocycles. The highest BCUT2D eigenvalue weighted by molar-refractivity contribution is 5.43. The van der Waals surface area contributed by atoms with Crippen molar-refractivity contribution in [3.05, 3.63) is 17.1 Å². The molecule has 0 atom stereocenters. The van der Waals surface area contributed by atoms with Gasteiger partial charge in [-0.05, 0) is 25.7 Å². The maximum atomic E-state index is 6.00. The molecule has 0 spiro atoms. The van der Waals surface area contributed by atoms with Gasteiger partial charge >= 0.3 is 0 Å². The number of anilines is 1. The molecule has 82 valence electrons. The van der Waals surface area contributed by atoms with E-state index >= 15 is 0 Å². The van der Waals surface area contributed by atoms with E-state index in [-0.39, 0.29) is 0 Å². The highest BCUT2D eigenvalue weighted by atomic mass is 15.0. The minimum Gasteiger partial charge on any atom is -0.383 e. The summed E-state index contributed by atoms with van der Waals surface area (Å²) in [4.78, 5) is 9.04. The molecule has 0 unspecified atom stereocenters. The second-order valence-corrected chi connectivity index (χ2v) is 4.61. The summed E-state index contributed by atoms with van der Waals surface area (Å²) < 4.78 is 0. The van der Waals surface area contributed by atoms with Gasteiger partial charge in [-0.1, -0.05) is 20.3 Å². The van der Waals surface area contributed by atoms with Gasteiger partial charge < -0.3 is 5.73 Å². The van der Waals surface area contributed by atoms with Gasteiger partial charge in [0.2, 0.25) is 0 Å². The van der Waals surface area contributed by atoms with Crippen LogP contribution in [0.25, 0.3) is 0 Å². The topological polar surface area (TPSA) is 51.8 Å². The lowest BCUT2D eigenvalue weighted by molar-refractivity contribution is 0.705. The van der Waals surface area contributed by atoms with Crippen LogP contribution >= 0.6 is 0 Å². The summed E-state index contributed by atoms with van der Waals surface area (Å²) in [6.45, 7) is 4.22. The van der Waals surface area contributed by atoms with Crippen LogP contribution in [0.3, 0.4) is 0 Å². The Morgan fingerprint density at radius 1 is 1.07 bits per heavy atom. The molecule has 15 heavy (non-hydrogen) atoms. The first kappa shape index (κ1) is 10.4. The van der Waals surface area contributed by atoms with Gasteiger partial charge in [0.05, 0.1) is 0 Å². The van der Waals surface area contributed by atoms with Crippen molar-refractivity contribution in [2.45, 2.75) is 51.9 Å². The van der Waals surface area contributed by atoms with Gasteiger partial charge in [0, 0.05) is 17.2 Å². The first-order valence-corrected chi connectivity index (χ1v) is 5.83. The largest absolute Gasteiger partial charge is 0.383 e. The monoisotopic (exact) mass is 205 g/mol. The Balaban J connectivity index is 2.44. The lowest BCUT2D eigenvalue weighted by atomic mass is 10.1. The van der Waals surface area contributed by atoms with Crippen molar-refractivity contribution < 1.29 is 0 Å². The molecule has 0 saturated heterocycles. The maximum absolute atomic E-state index is 6.00. The first-order chi connectivity index (χ1) is 7.18. The van der Waals surface area contributed by atoms with Gasteiger partial charge in [0.25, 0.3) is 0 Å². The lowest BCUT2D eigenvalue weighted by Gasteiger charge is -2.11. The smallest absolute Gasteiger partial charge is 0.133 e. The highest BCUT2D eigenvalue weighted by Crippen LogP contribution is 2.24. The number of hydrogen-bond donors (Lipinski definition) is 1. The van der Waals surface area contributed by atoms with Crippen molar-refractivity contribution in [2.24, 2.45) is 0 Å². The van der Waals surface area contributed by atoms with Crippen LogP contribution in [-0.2, 0) is 12.8 Å². The summed E-state index contributed by atoms with van der Waals surface area (Å²) >= 11 is 0. The Bertz CT molecular complexity index is 358. The molecule has 1 aliphatic rings. The van der Waals surface area contributed by atoms with Crippen LogP contribution in [0.1, 0.15) is 56.1 Å². The number of rotatable bonds is 1. The summed E-state index contributed by atoms with van der Waals surface area (Å²) in [7, 11) is 0. The van der Waals surface area contributed by atoms with Crippen LogP contribution in [-0.4, -0.2) is 9.97 Å². The van der Waals surface area contributed by atoms with Crippen LogP contribution in [0.4, 0.5) is 5.82 Å². The number of aromatic nitrogens is 2. The van der Waals surface area contributed by atoms with Crippen molar-refractivity contribution in [1.29, 1.82) is 0 Å². The molecule has 2 rings (SSSR count). The predicted molar refractivity (Wildman–Crippen MR) is 61.8 cm³/mol. The molecular formula is C12H19N3. The van der Waals surface area contributed by atoms with E-state index in [0.29, 0.717) is 11.7 Å². The van der Waals surface area contributed by atoms with Gasteiger partial charge in [-0.2, -0.15) is 0 Å². The summed E-state index contributed by atoms with van der Waals surface area (Å²) in [5.41, 5.74) is 8.40. The third kappa shape index (κ3) is 2.11. The molecule has 0 aromatic carbocycles. The van der Waals surface area contributed by atoms with Crippen LogP contribution in [0.2, 0.25) is 0 Å². The summed E-state index contributed by atoms with van der Waals surface area (Å²) in [5, 5.41) is 0. The second kappa shape index (κ2) is 4.17. The van der Waals surface area contributed by atoms with E-state index in [4.69, 9.17) is 5.73 Å². The third-order valence-electron chi connectivity index (χ3n) is 3.00. The first-order valence-electron chi connectivity index (χ1n) is 5.83. The predicted octanol–water partition coefficient (Wildman–Crippen LogP) is 2.45. The van der Waals surface area contributed by atoms with Gasteiger partial charge in [-0.3, -0.25) is 0 Å². The Kier molecular flexibility index (Phi) is 2.89. The van der Waals surface area contributed by atoms with E-state index in [1.807, 2.05) is 0 Å². The Morgan fingerprint density at radius 2 is 1.80 bits per heavy atom. The Hall–Kier alpha value is -1.12. The van der Waals surface area contributed by atoms with Crippen molar-refractivity contribution in [3.8, 4) is 0 Å². The van der Waals surface area contributed by atoms with Crippen LogP contribution in [0.5, 0.6) is 0 Å². The summed E-state index contributed by atoms with van der Waals surface area (Å²) in [5.74, 6) is 1.97. The highest BCUT2D eigenvalue weighted by Gasteiger charge is 2.15. The van der Waals surface area contributed by atoms with Crippen molar-refractivity contribution >= 4 is 5.82 Å². The van der Waals surface area contributed by atoms with Gasteiger partial charge in [-0.15, -0.1) is 0 Å². The van der Waals surface area contributed by atoms with Crippen LogP contribution < -0.4 is 5.73 Å². The molecule has 3 heteroatoms. The molecule has 0 saturated carbocycles. The number of hydrogen-bond acceptors (Lipinski definition) is 3. The van der Waals surface area contributed by atoms with E-state index in [2.05, 4.69) is 23.8 Å². The molecule has 1 aromatic heterocycles. The molecule has 0 aliphatic heterocycles. The third-order valence-corrected chi connectivity index (χ3v) is 3.00. The molecule has 0 radical (unpaired) electrons. The zero-order chi connectivity index (χ0) is 10.8. The average Bonchev–Trinajstić information content (AvgIpc) is 2.42. The van der Waals surface area contributed by atoms with Gasteiger partial charge in [0.15, 0.2) is 0 Å². The van der Waals surface area contributed by atoms with Crippen molar-refractivity contribution in [3.63, 3.8) is 0 Å². The molecule has 3 nitrogen and oxygen atoms in total. The normalized spacial score (nSPS) is 16.2. The van der Waals surface area contributed by atoms with E-state index in [9.17, 15) is 0 Å². The second-order valence-electron chi connectivity index (χ2n) is 4.61. The van der Waals surface area contributed by atoms with E-state index in [1.54, 1.807) is 0 Å². The number of fused-ring (bicyclic) bond motifs is 1. The fourth-order valence-electron chi connectivity index (χ4n) is 2.08. The van der Waals surface area contributed by atoms with E-state index < -0.39 is 0 Å². The number of nitrogens with zero attached hydrogens (tertiary/aromatic N) is 2. The fraction of sp³-hybridized carbons (Fsp3) is 0.667. The zero-order valence-corrected chi connectivity index (χ0v) is 9.58. The quantitative estimate of drug-likeness (QED) is 0.716. The minimum absolute atomic E-state index is 0.362. The lowest BCUT2D eigenvalue weighted by Crippen LogP contribution is -2.09. The molecule has 1 heterocycles. The molecule has 0 amide bonds. The van der Waals surface area contributed by atoms with E-state index in [0.717, 1.165) is 18.7 Å². The SMILES string of the molecule is CC(C)c1nc(N)c2c(n1)CCCCC2. The van der Waals surface area contributed by atoms with E-state index in [1.165, 1.54) is 30.5 Å².